The maximum Gasteiger partial charge on any atom is 0.396 e. The lowest BCUT2D eigenvalue weighted by atomic mass is 9.76. The van der Waals surface area contributed by atoms with E-state index in [-0.39, 0.29) is 16.1 Å². The minimum absolute atomic E-state index is 0.143. The van der Waals surface area contributed by atoms with Crippen LogP contribution in [0.4, 0.5) is 13.2 Å². The van der Waals surface area contributed by atoms with Crippen LogP contribution in [0, 0.1) is 11.3 Å². The Hall–Kier alpha value is -1.72. The highest BCUT2D eigenvalue weighted by Crippen LogP contribution is 2.50. The molecule has 2 aliphatic rings. The molecule has 2 heterocycles. The van der Waals surface area contributed by atoms with E-state index in [0.717, 1.165) is 50.1 Å². The summed E-state index contributed by atoms with van der Waals surface area (Å²) in [6.07, 6.45) is 1.03. The standard InChI is InChI=1S/C22H28F3N3O3S2/c1-31-17-3-5-18(6-4-17)33(29,30)28-12-10-21(11-13-28)9-8-16(14-21)2-7-20-26-19(27-32-20)15-22(23,24)25/h3-6,16H,2,7-15H2,1H3. The van der Waals surface area contributed by atoms with Crippen molar-refractivity contribution in [3.63, 3.8) is 0 Å². The Morgan fingerprint density at radius 3 is 2.52 bits per heavy atom. The molecule has 11 heteroatoms. The van der Waals surface area contributed by atoms with Crippen molar-refractivity contribution >= 4 is 21.6 Å². The maximum atomic E-state index is 13.0. The number of hydrogen-bond acceptors (Lipinski definition) is 6. The minimum Gasteiger partial charge on any atom is -0.497 e. The zero-order chi connectivity index (χ0) is 23.7. The number of rotatable bonds is 7. The number of nitrogens with zero attached hydrogens (tertiary/aromatic N) is 3. The first-order chi connectivity index (χ1) is 15.6. The van der Waals surface area contributed by atoms with Gasteiger partial charge in [0, 0.05) is 19.5 Å². The molecule has 1 aliphatic heterocycles. The van der Waals surface area contributed by atoms with Gasteiger partial charge < -0.3 is 4.74 Å². The molecular formula is C22H28F3N3O3S2. The predicted octanol–water partition coefficient (Wildman–Crippen LogP) is 4.86. The third-order valence-electron chi connectivity index (χ3n) is 6.92. The molecule has 1 saturated heterocycles. The molecule has 0 N–H and O–H groups in total. The molecule has 0 amide bonds. The summed E-state index contributed by atoms with van der Waals surface area (Å²) in [5, 5.41) is 0.663. The summed E-state index contributed by atoms with van der Waals surface area (Å²) in [5.74, 6) is 0.967. The van der Waals surface area contributed by atoms with Crippen molar-refractivity contribution in [3.8, 4) is 5.75 Å². The van der Waals surface area contributed by atoms with Crippen molar-refractivity contribution in [3.05, 3.63) is 35.1 Å². The van der Waals surface area contributed by atoms with Gasteiger partial charge in [-0.15, -0.1) is 0 Å². The van der Waals surface area contributed by atoms with Crippen LogP contribution in [0.2, 0.25) is 0 Å². The number of hydrogen-bond donors (Lipinski definition) is 0. The third kappa shape index (κ3) is 5.86. The summed E-state index contributed by atoms with van der Waals surface area (Å²) in [5.41, 5.74) is 0.166. The van der Waals surface area contributed by atoms with Gasteiger partial charge in [0.25, 0.3) is 0 Å². The smallest absolute Gasteiger partial charge is 0.396 e. The van der Waals surface area contributed by atoms with Crippen molar-refractivity contribution in [1.29, 1.82) is 0 Å². The summed E-state index contributed by atoms with van der Waals surface area (Å²) >= 11 is 1.06. The first-order valence-electron chi connectivity index (χ1n) is 11.1. The Labute approximate surface area is 196 Å². The highest BCUT2D eigenvalue weighted by molar-refractivity contribution is 7.89. The predicted molar refractivity (Wildman–Crippen MR) is 119 cm³/mol. The molecule has 2 aromatic rings. The van der Waals surface area contributed by atoms with Crippen molar-refractivity contribution < 1.29 is 26.3 Å². The zero-order valence-electron chi connectivity index (χ0n) is 18.5. The number of alkyl halides is 3. The van der Waals surface area contributed by atoms with Gasteiger partial charge >= 0.3 is 6.18 Å². The first kappa shape index (κ1) is 24.4. The molecule has 1 spiro atoms. The Bertz CT molecular complexity index is 1050. The second-order valence-corrected chi connectivity index (χ2v) is 11.9. The molecule has 4 rings (SSSR count). The van der Waals surface area contributed by atoms with Crippen molar-refractivity contribution in [2.75, 3.05) is 20.2 Å². The average Bonchev–Trinajstić information content (AvgIpc) is 3.38. The Balaban J connectivity index is 1.28. The van der Waals surface area contributed by atoms with E-state index < -0.39 is 22.6 Å². The number of benzene rings is 1. The number of aromatic nitrogens is 2. The van der Waals surface area contributed by atoms with Gasteiger partial charge in [0.05, 0.1) is 12.0 Å². The lowest BCUT2D eigenvalue weighted by molar-refractivity contribution is -0.128. The molecule has 1 aromatic heterocycles. The summed E-state index contributed by atoms with van der Waals surface area (Å²) < 4.78 is 74.0. The quantitative estimate of drug-likeness (QED) is 0.540. The molecule has 1 saturated carbocycles. The second kappa shape index (κ2) is 9.50. The highest BCUT2D eigenvalue weighted by Gasteiger charge is 2.43. The second-order valence-electron chi connectivity index (χ2n) is 9.12. The SMILES string of the molecule is COc1ccc(S(=O)(=O)N2CCC3(CCC(CCc4nc(CC(F)(F)F)ns4)C3)CC2)cc1. The fourth-order valence-electron chi connectivity index (χ4n) is 5.10. The zero-order valence-corrected chi connectivity index (χ0v) is 20.1. The van der Waals surface area contributed by atoms with E-state index in [1.807, 2.05) is 0 Å². The number of aryl methyl sites for hydroxylation is 1. The molecule has 6 nitrogen and oxygen atoms in total. The first-order valence-corrected chi connectivity index (χ1v) is 13.3. The van der Waals surface area contributed by atoms with E-state index in [1.54, 1.807) is 35.7 Å². The van der Waals surface area contributed by atoms with E-state index in [2.05, 4.69) is 9.36 Å². The van der Waals surface area contributed by atoms with E-state index in [4.69, 9.17) is 4.74 Å². The molecular weight excluding hydrogens is 475 g/mol. The van der Waals surface area contributed by atoms with Crippen LogP contribution in [0.15, 0.2) is 29.2 Å². The van der Waals surface area contributed by atoms with E-state index in [0.29, 0.717) is 36.2 Å². The van der Waals surface area contributed by atoms with Crippen LogP contribution < -0.4 is 4.74 Å². The lowest BCUT2D eigenvalue weighted by Gasteiger charge is -2.39. The number of ether oxygens (including phenoxy) is 1. The number of methoxy groups -OCH3 is 1. The average molecular weight is 504 g/mol. The van der Waals surface area contributed by atoms with Gasteiger partial charge in [-0.25, -0.2) is 13.4 Å². The maximum absolute atomic E-state index is 13.0. The van der Waals surface area contributed by atoms with E-state index in [9.17, 15) is 21.6 Å². The van der Waals surface area contributed by atoms with Gasteiger partial charge in [0.2, 0.25) is 10.0 Å². The number of piperidine rings is 1. The largest absolute Gasteiger partial charge is 0.497 e. The third-order valence-corrected chi connectivity index (χ3v) is 9.64. The normalized spacial score (nSPS) is 21.5. The fraction of sp³-hybridized carbons (Fsp3) is 0.636. The van der Waals surface area contributed by atoms with Crippen LogP contribution in [-0.4, -0.2) is 48.5 Å². The van der Waals surface area contributed by atoms with Gasteiger partial charge in [-0.05, 0) is 85.7 Å². The topological polar surface area (TPSA) is 72.4 Å². The lowest BCUT2D eigenvalue weighted by Crippen LogP contribution is -2.42. The molecule has 0 bridgehead atoms. The van der Waals surface area contributed by atoms with Gasteiger partial charge in [-0.1, -0.05) is 0 Å². The molecule has 1 aliphatic carbocycles. The summed E-state index contributed by atoms with van der Waals surface area (Å²) in [6, 6.07) is 6.48. The number of halogens is 3. The molecule has 2 fully saturated rings. The highest BCUT2D eigenvalue weighted by atomic mass is 32.2. The van der Waals surface area contributed by atoms with Crippen LogP contribution in [0.5, 0.6) is 5.75 Å². The summed E-state index contributed by atoms with van der Waals surface area (Å²) in [7, 11) is -1.98. The van der Waals surface area contributed by atoms with E-state index >= 15 is 0 Å². The monoisotopic (exact) mass is 503 g/mol. The molecule has 1 unspecified atom stereocenters. The van der Waals surface area contributed by atoms with Crippen LogP contribution in [0.3, 0.4) is 0 Å². The van der Waals surface area contributed by atoms with Gasteiger partial charge in [0.15, 0.2) is 5.82 Å². The Morgan fingerprint density at radius 2 is 1.88 bits per heavy atom. The molecule has 33 heavy (non-hydrogen) atoms. The number of sulfonamides is 1. The Morgan fingerprint density at radius 1 is 1.18 bits per heavy atom. The van der Waals surface area contributed by atoms with Crippen LogP contribution in [0.25, 0.3) is 0 Å². The minimum atomic E-state index is -4.29. The van der Waals surface area contributed by atoms with Gasteiger partial charge in [-0.3, -0.25) is 0 Å². The van der Waals surface area contributed by atoms with Crippen molar-refractivity contribution in [2.24, 2.45) is 11.3 Å². The summed E-state index contributed by atoms with van der Waals surface area (Å²) in [6.45, 7) is 1.02. The molecule has 182 valence electrons. The summed E-state index contributed by atoms with van der Waals surface area (Å²) in [4.78, 5) is 4.33. The van der Waals surface area contributed by atoms with Gasteiger partial charge in [0.1, 0.15) is 17.2 Å². The Kier molecular flexibility index (Phi) is 7.02. The van der Waals surface area contributed by atoms with Gasteiger partial charge in [-0.2, -0.15) is 21.9 Å². The molecule has 1 atom stereocenters. The van der Waals surface area contributed by atoms with Crippen LogP contribution in [-0.2, 0) is 22.9 Å². The van der Waals surface area contributed by atoms with Crippen LogP contribution >= 0.6 is 11.5 Å². The fourth-order valence-corrected chi connectivity index (χ4v) is 7.21. The van der Waals surface area contributed by atoms with Crippen molar-refractivity contribution in [2.45, 2.75) is 62.4 Å². The van der Waals surface area contributed by atoms with Crippen LogP contribution in [0.1, 0.15) is 49.4 Å². The van der Waals surface area contributed by atoms with E-state index in [1.165, 1.54) is 0 Å². The molecule has 1 aromatic carbocycles. The molecule has 0 radical (unpaired) electrons. The van der Waals surface area contributed by atoms with Crippen molar-refractivity contribution in [1.82, 2.24) is 13.7 Å².